The molecule has 0 radical (unpaired) electrons. The van der Waals surface area contributed by atoms with Gasteiger partial charge in [0, 0.05) is 11.3 Å². The summed E-state index contributed by atoms with van der Waals surface area (Å²) in [4.78, 5) is 0. The molecule has 5 heteroatoms. The SMILES string of the molecule is Cc1cccc(NC(=S)NN=Cc2ccccc2F)c1C. The first kappa shape index (κ1) is 15.1. The highest BCUT2D eigenvalue weighted by Crippen LogP contribution is 2.17. The van der Waals surface area contributed by atoms with E-state index in [0.29, 0.717) is 10.7 Å². The number of anilines is 1. The molecule has 0 atom stereocenters. The Hall–Kier alpha value is -2.27. The quantitative estimate of drug-likeness (QED) is 0.515. The van der Waals surface area contributed by atoms with Gasteiger partial charge in [0.25, 0.3) is 0 Å². The number of halogens is 1. The van der Waals surface area contributed by atoms with Crippen molar-refractivity contribution in [2.75, 3.05) is 5.32 Å². The molecule has 0 saturated carbocycles. The van der Waals surface area contributed by atoms with Crippen molar-refractivity contribution in [3.8, 4) is 0 Å². The normalized spacial score (nSPS) is 10.6. The van der Waals surface area contributed by atoms with E-state index in [1.54, 1.807) is 18.2 Å². The number of hydrogen-bond acceptors (Lipinski definition) is 2. The molecule has 21 heavy (non-hydrogen) atoms. The maximum atomic E-state index is 13.4. The predicted molar refractivity (Wildman–Crippen MR) is 89.3 cm³/mol. The van der Waals surface area contributed by atoms with Gasteiger partial charge in [-0.15, -0.1) is 0 Å². The highest BCUT2D eigenvalue weighted by atomic mass is 32.1. The van der Waals surface area contributed by atoms with E-state index in [1.165, 1.54) is 17.8 Å². The summed E-state index contributed by atoms with van der Waals surface area (Å²) >= 11 is 5.16. The van der Waals surface area contributed by atoms with Crippen LogP contribution < -0.4 is 10.7 Å². The second-order valence-corrected chi connectivity index (χ2v) is 5.00. The number of rotatable bonds is 3. The molecular formula is C16H16FN3S. The summed E-state index contributed by atoms with van der Waals surface area (Å²) in [7, 11) is 0. The van der Waals surface area contributed by atoms with Crippen LogP contribution in [0.4, 0.5) is 10.1 Å². The van der Waals surface area contributed by atoms with E-state index < -0.39 is 0 Å². The summed E-state index contributed by atoms with van der Waals surface area (Å²) in [6.45, 7) is 4.05. The number of hydrazone groups is 1. The van der Waals surface area contributed by atoms with E-state index in [2.05, 4.69) is 15.8 Å². The van der Waals surface area contributed by atoms with Crippen molar-refractivity contribution in [2.24, 2.45) is 5.10 Å². The van der Waals surface area contributed by atoms with Crippen molar-refractivity contribution in [3.63, 3.8) is 0 Å². The summed E-state index contributed by atoms with van der Waals surface area (Å²) in [6, 6.07) is 12.3. The van der Waals surface area contributed by atoms with Crippen molar-refractivity contribution in [2.45, 2.75) is 13.8 Å². The first-order valence-corrected chi connectivity index (χ1v) is 6.89. The van der Waals surface area contributed by atoms with Gasteiger partial charge >= 0.3 is 0 Å². The topological polar surface area (TPSA) is 36.4 Å². The van der Waals surface area contributed by atoms with Crippen LogP contribution in [0.1, 0.15) is 16.7 Å². The Bertz CT molecular complexity index is 683. The van der Waals surface area contributed by atoms with E-state index in [4.69, 9.17) is 12.2 Å². The first-order valence-electron chi connectivity index (χ1n) is 6.48. The van der Waals surface area contributed by atoms with Crippen LogP contribution >= 0.6 is 12.2 Å². The van der Waals surface area contributed by atoms with E-state index in [9.17, 15) is 4.39 Å². The molecule has 0 aliphatic carbocycles. The van der Waals surface area contributed by atoms with E-state index in [1.807, 2.05) is 32.0 Å². The zero-order valence-electron chi connectivity index (χ0n) is 11.9. The van der Waals surface area contributed by atoms with Crippen LogP contribution in [0.15, 0.2) is 47.6 Å². The molecule has 2 N–H and O–H groups in total. The van der Waals surface area contributed by atoms with Crippen LogP contribution in [0.5, 0.6) is 0 Å². The molecular weight excluding hydrogens is 285 g/mol. The van der Waals surface area contributed by atoms with Gasteiger partial charge in [-0.25, -0.2) is 4.39 Å². The molecule has 0 fully saturated rings. The molecule has 108 valence electrons. The van der Waals surface area contributed by atoms with Gasteiger partial charge in [-0.2, -0.15) is 5.10 Å². The lowest BCUT2D eigenvalue weighted by Gasteiger charge is -2.11. The van der Waals surface area contributed by atoms with E-state index in [-0.39, 0.29) is 5.82 Å². The third-order valence-electron chi connectivity index (χ3n) is 3.13. The molecule has 0 saturated heterocycles. The average Bonchev–Trinajstić information content (AvgIpc) is 2.46. The maximum Gasteiger partial charge on any atom is 0.191 e. The molecule has 3 nitrogen and oxygen atoms in total. The number of benzene rings is 2. The van der Waals surface area contributed by atoms with E-state index >= 15 is 0 Å². The van der Waals surface area contributed by atoms with Crippen LogP contribution in [0.25, 0.3) is 0 Å². The number of aryl methyl sites for hydroxylation is 1. The van der Waals surface area contributed by atoms with Gasteiger partial charge in [0.05, 0.1) is 6.21 Å². The van der Waals surface area contributed by atoms with Gasteiger partial charge < -0.3 is 5.32 Å². The summed E-state index contributed by atoms with van der Waals surface area (Å²) in [6.07, 6.45) is 1.40. The maximum absolute atomic E-state index is 13.4. The smallest absolute Gasteiger partial charge is 0.191 e. The van der Waals surface area contributed by atoms with Gasteiger partial charge in [0.1, 0.15) is 5.82 Å². The highest BCUT2D eigenvalue weighted by molar-refractivity contribution is 7.80. The monoisotopic (exact) mass is 301 g/mol. The van der Waals surface area contributed by atoms with Crippen LogP contribution in [-0.2, 0) is 0 Å². The lowest BCUT2D eigenvalue weighted by atomic mass is 10.1. The third-order valence-corrected chi connectivity index (χ3v) is 3.32. The van der Waals surface area contributed by atoms with E-state index in [0.717, 1.165) is 11.3 Å². The molecule has 0 bridgehead atoms. The fourth-order valence-corrected chi connectivity index (χ4v) is 1.94. The second-order valence-electron chi connectivity index (χ2n) is 4.59. The molecule has 0 heterocycles. The largest absolute Gasteiger partial charge is 0.331 e. The Morgan fingerprint density at radius 1 is 1.14 bits per heavy atom. The third kappa shape index (κ3) is 4.10. The van der Waals surface area contributed by atoms with Crippen LogP contribution in [-0.4, -0.2) is 11.3 Å². The van der Waals surface area contributed by atoms with Gasteiger partial charge in [-0.3, -0.25) is 5.43 Å². The predicted octanol–water partition coefficient (Wildman–Crippen LogP) is 3.76. The molecule has 2 aromatic rings. The summed E-state index contributed by atoms with van der Waals surface area (Å²) in [5, 5.41) is 7.35. The van der Waals surface area contributed by atoms with Gasteiger partial charge in [-0.05, 0) is 49.3 Å². The minimum absolute atomic E-state index is 0.323. The fraction of sp³-hybridized carbons (Fsp3) is 0.125. The van der Waals surface area contributed by atoms with Gasteiger partial charge in [0.2, 0.25) is 0 Å². The number of nitrogens with zero attached hydrogens (tertiary/aromatic N) is 1. The molecule has 0 spiro atoms. The van der Waals surface area contributed by atoms with Gasteiger partial charge in [0.15, 0.2) is 5.11 Å². The zero-order chi connectivity index (χ0) is 15.2. The van der Waals surface area contributed by atoms with Crippen LogP contribution in [0.2, 0.25) is 0 Å². The minimum Gasteiger partial charge on any atom is -0.331 e. The number of thiocarbonyl (C=S) groups is 1. The highest BCUT2D eigenvalue weighted by Gasteiger charge is 2.02. The van der Waals surface area contributed by atoms with Crippen molar-refractivity contribution in [1.82, 2.24) is 5.43 Å². The summed E-state index contributed by atoms with van der Waals surface area (Å²) in [5.74, 6) is -0.323. The Balaban J connectivity index is 1.97. The van der Waals surface area contributed by atoms with Crippen molar-refractivity contribution in [3.05, 3.63) is 65.0 Å². The van der Waals surface area contributed by atoms with Crippen LogP contribution in [0.3, 0.4) is 0 Å². The summed E-state index contributed by atoms with van der Waals surface area (Å²) < 4.78 is 13.4. The number of hydrogen-bond donors (Lipinski definition) is 2. The van der Waals surface area contributed by atoms with Crippen molar-refractivity contribution >= 4 is 29.2 Å². The van der Waals surface area contributed by atoms with Crippen molar-refractivity contribution in [1.29, 1.82) is 0 Å². The Kier molecular flexibility index (Phi) is 5.00. The average molecular weight is 301 g/mol. The molecule has 0 amide bonds. The first-order chi connectivity index (χ1) is 10.1. The summed E-state index contributed by atoms with van der Waals surface area (Å²) in [5.41, 5.74) is 6.31. The lowest BCUT2D eigenvalue weighted by Crippen LogP contribution is -2.24. The lowest BCUT2D eigenvalue weighted by molar-refractivity contribution is 0.626. The molecule has 2 rings (SSSR count). The minimum atomic E-state index is -0.323. The Morgan fingerprint density at radius 3 is 2.67 bits per heavy atom. The van der Waals surface area contributed by atoms with Gasteiger partial charge in [-0.1, -0.05) is 30.3 Å². The Morgan fingerprint density at radius 2 is 1.90 bits per heavy atom. The molecule has 0 aromatic heterocycles. The standard InChI is InChI=1S/C16H16FN3S/c1-11-6-5-9-15(12(11)2)19-16(21)20-18-10-13-7-3-4-8-14(13)17/h3-10H,1-2H3,(H2,19,20,21). The second kappa shape index (κ2) is 6.95. The zero-order valence-corrected chi connectivity index (χ0v) is 12.7. The molecule has 2 aromatic carbocycles. The van der Waals surface area contributed by atoms with Crippen LogP contribution in [0, 0.1) is 19.7 Å². The molecule has 0 unspecified atom stereocenters. The molecule has 0 aliphatic heterocycles. The molecule has 0 aliphatic rings. The fourth-order valence-electron chi connectivity index (χ4n) is 1.78. The number of nitrogens with one attached hydrogen (secondary N) is 2. The van der Waals surface area contributed by atoms with Crippen molar-refractivity contribution < 1.29 is 4.39 Å². The Labute approximate surface area is 128 Å².